The molecule has 0 aliphatic rings. The van der Waals surface area contributed by atoms with E-state index in [9.17, 15) is 4.79 Å². The van der Waals surface area contributed by atoms with Gasteiger partial charge in [0.05, 0.1) is 17.3 Å². The molecule has 0 aliphatic heterocycles. The van der Waals surface area contributed by atoms with Crippen LogP contribution in [0.1, 0.15) is 19.0 Å². The second-order valence-corrected chi connectivity index (χ2v) is 3.86. The van der Waals surface area contributed by atoms with Crippen LogP contribution in [0.3, 0.4) is 0 Å². The Labute approximate surface area is 93.8 Å². The molecule has 5 heteroatoms. The van der Waals surface area contributed by atoms with Gasteiger partial charge in [0.25, 0.3) is 0 Å². The lowest BCUT2D eigenvalue weighted by Gasteiger charge is -2.06. The molecular formula is C10H14ClN3O. The summed E-state index contributed by atoms with van der Waals surface area (Å²) in [7, 11) is 0. The zero-order chi connectivity index (χ0) is 11.3. The van der Waals surface area contributed by atoms with E-state index in [0.717, 1.165) is 5.69 Å². The third-order valence-electron chi connectivity index (χ3n) is 1.76. The van der Waals surface area contributed by atoms with Crippen molar-refractivity contribution in [2.75, 3.05) is 0 Å². The monoisotopic (exact) mass is 227 g/mol. The molecule has 1 atom stereocenters. The Hall–Kier alpha value is -1.13. The van der Waals surface area contributed by atoms with E-state index >= 15 is 0 Å². The Balaban J connectivity index is 2.37. The Kier molecular flexibility index (Phi) is 4.52. The Bertz CT molecular complexity index is 324. The van der Waals surface area contributed by atoms with E-state index in [1.54, 1.807) is 25.3 Å². The van der Waals surface area contributed by atoms with Crippen molar-refractivity contribution in [1.82, 2.24) is 10.3 Å². The molecule has 1 aromatic rings. The zero-order valence-corrected chi connectivity index (χ0v) is 9.29. The van der Waals surface area contributed by atoms with Crippen molar-refractivity contribution < 1.29 is 4.79 Å². The van der Waals surface area contributed by atoms with Crippen LogP contribution in [-0.4, -0.2) is 16.9 Å². The van der Waals surface area contributed by atoms with Crippen LogP contribution < -0.4 is 11.1 Å². The number of carbonyl (C=O) groups excluding carboxylic acids is 1. The van der Waals surface area contributed by atoms with E-state index in [1.165, 1.54) is 0 Å². The molecule has 82 valence electrons. The van der Waals surface area contributed by atoms with Gasteiger partial charge < -0.3 is 11.1 Å². The average molecular weight is 228 g/mol. The van der Waals surface area contributed by atoms with Crippen LogP contribution in [0, 0.1) is 0 Å². The number of nitrogens with zero attached hydrogens (tertiary/aromatic N) is 1. The number of nitrogens with one attached hydrogen (secondary N) is 1. The third-order valence-corrected chi connectivity index (χ3v) is 1.99. The van der Waals surface area contributed by atoms with Gasteiger partial charge in [-0.05, 0) is 19.1 Å². The minimum atomic E-state index is -0.122. The van der Waals surface area contributed by atoms with Crippen molar-refractivity contribution in [3.8, 4) is 0 Å². The normalized spacial score (nSPS) is 12.2. The fraction of sp³-hybridized carbons (Fsp3) is 0.400. The third kappa shape index (κ3) is 4.76. The topological polar surface area (TPSA) is 68.0 Å². The molecule has 1 rings (SSSR count). The van der Waals surface area contributed by atoms with E-state index in [-0.39, 0.29) is 11.9 Å². The fourth-order valence-electron chi connectivity index (χ4n) is 1.06. The largest absolute Gasteiger partial charge is 0.350 e. The number of nitrogens with two attached hydrogens (primary N) is 1. The van der Waals surface area contributed by atoms with Crippen LogP contribution in [0.2, 0.25) is 5.02 Å². The Morgan fingerprint density at radius 3 is 2.93 bits per heavy atom. The van der Waals surface area contributed by atoms with E-state index in [2.05, 4.69) is 10.3 Å². The molecule has 1 unspecified atom stereocenters. The molecule has 0 saturated heterocycles. The molecule has 0 radical (unpaired) electrons. The van der Waals surface area contributed by atoms with Gasteiger partial charge in [0.15, 0.2) is 0 Å². The maximum Gasteiger partial charge on any atom is 0.221 e. The van der Waals surface area contributed by atoms with Crippen LogP contribution in [0.4, 0.5) is 0 Å². The Morgan fingerprint density at radius 2 is 2.40 bits per heavy atom. The van der Waals surface area contributed by atoms with Crippen molar-refractivity contribution in [1.29, 1.82) is 0 Å². The van der Waals surface area contributed by atoms with Crippen molar-refractivity contribution in [2.24, 2.45) is 5.73 Å². The highest BCUT2D eigenvalue weighted by Crippen LogP contribution is 2.05. The predicted octanol–water partition coefficient (Wildman–Crippen LogP) is 1.09. The highest BCUT2D eigenvalue weighted by Gasteiger charge is 2.04. The van der Waals surface area contributed by atoms with Crippen molar-refractivity contribution in [3.63, 3.8) is 0 Å². The number of hydrogen-bond donors (Lipinski definition) is 2. The van der Waals surface area contributed by atoms with Crippen LogP contribution in [0.5, 0.6) is 0 Å². The van der Waals surface area contributed by atoms with Crippen LogP contribution >= 0.6 is 11.6 Å². The summed E-state index contributed by atoms with van der Waals surface area (Å²) in [6, 6.07) is 3.39. The number of halogens is 1. The molecule has 15 heavy (non-hydrogen) atoms. The quantitative estimate of drug-likeness (QED) is 0.809. The maximum absolute atomic E-state index is 11.2. The molecule has 0 aliphatic carbocycles. The van der Waals surface area contributed by atoms with Gasteiger partial charge in [-0.15, -0.1) is 0 Å². The van der Waals surface area contributed by atoms with E-state index in [4.69, 9.17) is 17.3 Å². The molecule has 4 nitrogen and oxygen atoms in total. The summed E-state index contributed by atoms with van der Waals surface area (Å²) < 4.78 is 0. The Morgan fingerprint density at radius 1 is 1.67 bits per heavy atom. The smallest absolute Gasteiger partial charge is 0.221 e. The van der Waals surface area contributed by atoms with E-state index in [0.29, 0.717) is 18.0 Å². The molecule has 1 heterocycles. The molecule has 0 bridgehead atoms. The summed E-state index contributed by atoms with van der Waals surface area (Å²) in [5, 5.41) is 3.31. The van der Waals surface area contributed by atoms with E-state index < -0.39 is 0 Å². The van der Waals surface area contributed by atoms with Crippen LogP contribution in [0.15, 0.2) is 18.3 Å². The predicted molar refractivity (Wildman–Crippen MR) is 59.4 cm³/mol. The summed E-state index contributed by atoms with van der Waals surface area (Å²) in [4.78, 5) is 15.3. The molecule has 3 N–H and O–H groups in total. The number of hydrogen-bond acceptors (Lipinski definition) is 3. The van der Waals surface area contributed by atoms with Gasteiger partial charge >= 0.3 is 0 Å². The average Bonchev–Trinajstić information content (AvgIpc) is 2.16. The van der Waals surface area contributed by atoms with Gasteiger partial charge in [0.2, 0.25) is 5.91 Å². The van der Waals surface area contributed by atoms with Gasteiger partial charge in [0, 0.05) is 18.7 Å². The minimum Gasteiger partial charge on any atom is -0.350 e. The summed E-state index contributed by atoms with van der Waals surface area (Å²) in [6.45, 7) is 2.20. The highest BCUT2D eigenvalue weighted by molar-refractivity contribution is 6.30. The standard InChI is InChI=1S/C10H14ClN3O/c1-7(12)4-10(15)14-6-9-3-2-8(11)5-13-9/h2-3,5,7H,4,6,12H2,1H3,(H,14,15). The summed E-state index contributed by atoms with van der Waals surface area (Å²) in [5.41, 5.74) is 6.26. The van der Waals surface area contributed by atoms with Crippen LogP contribution in [-0.2, 0) is 11.3 Å². The summed E-state index contributed by atoms with van der Waals surface area (Å²) >= 11 is 5.68. The molecule has 0 aromatic carbocycles. The second kappa shape index (κ2) is 5.68. The van der Waals surface area contributed by atoms with Crippen molar-refractivity contribution in [2.45, 2.75) is 25.9 Å². The minimum absolute atomic E-state index is 0.0678. The first-order valence-electron chi connectivity index (χ1n) is 4.70. The first-order chi connectivity index (χ1) is 7.08. The molecular weight excluding hydrogens is 214 g/mol. The number of aromatic nitrogens is 1. The van der Waals surface area contributed by atoms with Crippen molar-refractivity contribution in [3.05, 3.63) is 29.0 Å². The van der Waals surface area contributed by atoms with E-state index in [1.807, 2.05) is 0 Å². The lowest BCUT2D eigenvalue weighted by molar-refractivity contribution is -0.121. The summed E-state index contributed by atoms with van der Waals surface area (Å²) in [6.07, 6.45) is 1.88. The van der Waals surface area contributed by atoms with Crippen molar-refractivity contribution >= 4 is 17.5 Å². The molecule has 1 amide bonds. The lowest BCUT2D eigenvalue weighted by Crippen LogP contribution is -2.29. The van der Waals surface area contributed by atoms with Gasteiger partial charge in [0.1, 0.15) is 0 Å². The van der Waals surface area contributed by atoms with Gasteiger partial charge in [-0.2, -0.15) is 0 Å². The van der Waals surface area contributed by atoms with Gasteiger partial charge in [-0.3, -0.25) is 9.78 Å². The fourth-order valence-corrected chi connectivity index (χ4v) is 1.18. The first-order valence-corrected chi connectivity index (χ1v) is 5.08. The zero-order valence-electron chi connectivity index (χ0n) is 8.53. The molecule has 0 fully saturated rings. The lowest BCUT2D eigenvalue weighted by atomic mass is 10.2. The SMILES string of the molecule is CC(N)CC(=O)NCc1ccc(Cl)cn1. The maximum atomic E-state index is 11.2. The molecule has 0 spiro atoms. The number of rotatable bonds is 4. The van der Waals surface area contributed by atoms with Gasteiger partial charge in [-0.25, -0.2) is 0 Å². The number of carbonyl (C=O) groups is 1. The first kappa shape index (κ1) is 11.9. The molecule has 1 aromatic heterocycles. The van der Waals surface area contributed by atoms with Gasteiger partial charge in [-0.1, -0.05) is 11.6 Å². The second-order valence-electron chi connectivity index (χ2n) is 3.43. The summed E-state index contributed by atoms with van der Waals surface area (Å²) in [5.74, 6) is -0.0678. The number of pyridine rings is 1. The molecule has 0 saturated carbocycles. The number of amides is 1. The van der Waals surface area contributed by atoms with Crippen LogP contribution in [0.25, 0.3) is 0 Å². The highest BCUT2D eigenvalue weighted by atomic mass is 35.5.